The molecular formula is C15H16ClNO2S. The Kier molecular flexibility index (Phi) is 3.87. The number of fused-ring (bicyclic) bond motifs is 1. The van der Waals surface area contributed by atoms with E-state index in [-0.39, 0.29) is 6.04 Å². The van der Waals surface area contributed by atoms with Gasteiger partial charge in [0.05, 0.1) is 18.6 Å². The Bertz CT molecular complexity index is 626. The molecule has 0 radical (unpaired) electrons. The lowest BCUT2D eigenvalue weighted by Gasteiger charge is -2.15. The molecule has 2 N–H and O–H groups in total. The van der Waals surface area contributed by atoms with Crippen LogP contribution in [0.2, 0.25) is 5.02 Å². The van der Waals surface area contributed by atoms with Crippen molar-refractivity contribution in [1.29, 1.82) is 0 Å². The van der Waals surface area contributed by atoms with Gasteiger partial charge in [-0.25, -0.2) is 0 Å². The maximum Gasteiger partial charge on any atom is 0.134 e. The highest BCUT2D eigenvalue weighted by molar-refractivity contribution is 7.10. The summed E-state index contributed by atoms with van der Waals surface area (Å²) in [6, 6.07) is 5.76. The second-order valence-electron chi connectivity index (χ2n) is 4.82. The molecule has 0 saturated heterocycles. The normalized spacial score (nSPS) is 14.8. The third kappa shape index (κ3) is 2.51. The SMILES string of the molecule is COc1ccsc1C(N)Cc1cc(Cl)cc2c1OCC2. The Morgan fingerprint density at radius 3 is 3.15 bits per heavy atom. The molecule has 0 saturated carbocycles. The van der Waals surface area contributed by atoms with Gasteiger partial charge in [0, 0.05) is 17.5 Å². The summed E-state index contributed by atoms with van der Waals surface area (Å²) in [6.07, 6.45) is 1.61. The van der Waals surface area contributed by atoms with Gasteiger partial charge in [-0.1, -0.05) is 11.6 Å². The number of methoxy groups -OCH3 is 1. The molecule has 2 heterocycles. The summed E-state index contributed by atoms with van der Waals surface area (Å²) in [6.45, 7) is 0.722. The molecule has 0 fully saturated rings. The van der Waals surface area contributed by atoms with Gasteiger partial charge in [0.2, 0.25) is 0 Å². The van der Waals surface area contributed by atoms with Crippen molar-refractivity contribution in [1.82, 2.24) is 0 Å². The maximum atomic E-state index is 6.32. The minimum Gasteiger partial charge on any atom is -0.496 e. The molecule has 3 nitrogen and oxygen atoms in total. The summed E-state index contributed by atoms with van der Waals surface area (Å²) in [5.74, 6) is 1.81. The minimum atomic E-state index is -0.114. The summed E-state index contributed by atoms with van der Waals surface area (Å²) in [4.78, 5) is 1.05. The lowest BCUT2D eigenvalue weighted by atomic mass is 10.0. The Morgan fingerprint density at radius 2 is 2.35 bits per heavy atom. The monoisotopic (exact) mass is 309 g/mol. The summed E-state index contributed by atoms with van der Waals surface area (Å²) in [7, 11) is 1.67. The van der Waals surface area contributed by atoms with Crippen LogP contribution in [0, 0.1) is 0 Å². The van der Waals surface area contributed by atoms with Crippen LogP contribution in [0.3, 0.4) is 0 Å². The van der Waals surface area contributed by atoms with Crippen molar-refractivity contribution < 1.29 is 9.47 Å². The number of hydrogen-bond acceptors (Lipinski definition) is 4. The van der Waals surface area contributed by atoms with E-state index in [2.05, 4.69) is 0 Å². The molecule has 1 atom stereocenters. The fraction of sp³-hybridized carbons (Fsp3) is 0.333. The Morgan fingerprint density at radius 1 is 1.50 bits per heavy atom. The first-order valence-electron chi connectivity index (χ1n) is 6.50. The third-order valence-corrected chi connectivity index (χ3v) is 4.73. The molecule has 5 heteroatoms. The zero-order valence-corrected chi connectivity index (χ0v) is 12.8. The lowest BCUT2D eigenvalue weighted by molar-refractivity contribution is 0.352. The van der Waals surface area contributed by atoms with Gasteiger partial charge in [0.1, 0.15) is 11.5 Å². The topological polar surface area (TPSA) is 44.5 Å². The van der Waals surface area contributed by atoms with E-state index < -0.39 is 0 Å². The average Bonchev–Trinajstić information content (AvgIpc) is 3.06. The summed E-state index contributed by atoms with van der Waals surface area (Å²) >= 11 is 7.79. The summed E-state index contributed by atoms with van der Waals surface area (Å²) in [5, 5.41) is 2.74. The number of benzene rings is 1. The zero-order valence-electron chi connectivity index (χ0n) is 11.2. The van der Waals surface area contributed by atoms with E-state index in [4.69, 9.17) is 26.8 Å². The highest BCUT2D eigenvalue weighted by Crippen LogP contribution is 2.37. The number of hydrogen-bond donors (Lipinski definition) is 1. The van der Waals surface area contributed by atoms with Gasteiger partial charge in [0.25, 0.3) is 0 Å². The maximum absolute atomic E-state index is 6.32. The van der Waals surface area contributed by atoms with Gasteiger partial charge in [-0.15, -0.1) is 11.3 Å². The van der Waals surface area contributed by atoms with Crippen molar-refractivity contribution in [3.8, 4) is 11.5 Å². The quantitative estimate of drug-likeness (QED) is 0.938. The highest BCUT2D eigenvalue weighted by Gasteiger charge is 2.21. The molecule has 1 aromatic heterocycles. The van der Waals surface area contributed by atoms with E-state index in [0.29, 0.717) is 6.42 Å². The second kappa shape index (κ2) is 5.64. The van der Waals surface area contributed by atoms with Crippen LogP contribution < -0.4 is 15.2 Å². The molecule has 3 rings (SSSR count). The minimum absolute atomic E-state index is 0.114. The van der Waals surface area contributed by atoms with Crippen molar-refractivity contribution in [3.05, 3.63) is 44.6 Å². The lowest BCUT2D eigenvalue weighted by Crippen LogP contribution is -2.13. The number of ether oxygens (including phenoxy) is 2. The predicted molar refractivity (Wildman–Crippen MR) is 82.2 cm³/mol. The molecule has 0 amide bonds. The van der Waals surface area contributed by atoms with Gasteiger partial charge in [-0.2, -0.15) is 0 Å². The predicted octanol–water partition coefficient (Wildman–Crippen LogP) is 3.59. The van der Waals surface area contributed by atoms with Crippen molar-refractivity contribution in [2.24, 2.45) is 5.73 Å². The first-order valence-corrected chi connectivity index (χ1v) is 7.76. The van der Waals surface area contributed by atoms with Gasteiger partial charge < -0.3 is 15.2 Å². The number of rotatable bonds is 4. The van der Waals surface area contributed by atoms with E-state index >= 15 is 0 Å². The molecule has 0 bridgehead atoms. The van der Waals surface area contributed by atoms with Crippen molar-refractivity contribution in [3.63, 3.8) is 0 Å². The number of nitrogens with two attached hydrogens (primary N) is 1. The Labute approximate surface area is 127 Å². The number of thiophene rings is 1. The van der Waals surface area contributed by atoms with E-state index in [9.17, 15) is 0 Å². The Hall–Kier alpha value is -1.23. The molecule has 0 aliphatic carbocycles. The molecule has 1 aromatic carbocycles. The molecule has 106 valence electrons. The zero-order chi connectivity index (χ0) is 14.1. The molecule has 0 spiro atoms. The molecule has 20 heavy (non-hydrogen) atoms. The highest BCUT2D eigenvalue weighted by atomic mass is 35.5. The van der Waals surface area contributed by atoms with Crippen LogP contribution in [0.1, 0.15) is 22.0 Å². The van der Waals surface area contributed by atoms with E-state index in [1.165, 1.54) is 5.56 Å². The van der Waals surface area contributed by atoms with Crippen LogP contribution in [0.15, 0.2) is 23.6 Å². The van der Waals surface area contributed by atoms with E-state index in [0.717, 1.165) is 40.0 Å². The van der Waals surface area contributed by atoms with Crippen LogP contribution in [0.5, 0.6) is 11.5 Å². The third-order valence-electron chi connectivity index (χ3n) is 3.48. The van der Waals surface area contributed by atoms with Crippen LogP contribution >= 0.6 is 22.9 Å². The molecule has 1 unspecified atom stereocenters. The van der Waals surface area contributed by atoms with Crippen LogP contribution in [-0.4, -0.2) is 13.7 Å². The molecule has 2 aromatic rings. The van der Waals surface area contributed by atoms with Crippen molar-refractivity contribution in [2.75, 3.05) is 13.7 Å². The average molecular weight is 310 g/mol. The molecule has 1 aliphatic rings. The van der Waals surface area contributed by atoms with Crippen LogP contribution in [0.25, 0.3) is 0 Å². The number of halogens is 1. The standard InChI is InChI=1S/C15H16ClNO2S/c1-18-13-3-5-20-15(13)12(17)8-10-7-11(16)6-9-2-4-19-14(9)10/h3,5-7,12H,2,4,8,17H2,1H3. The van der Waals surface area contributed by atoms with Gasteiger partial charge in [-0.05, 0) is 41.1 Å². The van der Waals surface area contributed by atoms with Crippen molar-refractivity contribution in [2.45, 2.75) is 18.9 Å². The fourth-order valence-electron chi connectivity index (χ4n) is 2.58. The van der Waals surface area contributed by atoms with Gasteiger partial charge in [0.15, 0.2) is 0 Å². The van der Waals surface area contributed by atoms with E-state index in [1.54, 1.807) is 18.4 Å². The van der Waals surface area contributed by atoms with Crippen molar-refractivity contribution >= 4 is 22.9 Å². The largest absolute Gasteiger partial charge is 0.496 e. The van der Waals surface area contributed by atoms with Gasteiger partial charge in [-0.3, -0.25) is 0 Å². The second-order valence-corrected chi connectivity index (χ2v) is 6.20. The first kappa shape index (κ1) is 13.7. The molecule has 1 aliphatic heterocycles. The fourth-order valence-corrected chi connectivity index (χ4v) is 3.70. The summed E-state index contributed by atoms with van der Waals surface area (Å²) < 4.78 is 11.1. The summed E-state index contributed by atoms with van der Waals surface area (Å²) in [5.41, 5.74) is 8.58. The first-order chi connectivity index (χ1) is 9.69. The van der Waals surface area contributed by atoms with Gasteiger partial charge >= 0.3 is 0 Å². The Balaban J connectivity index is 1.88. The van der Waals surface area contributed by atoms with E-state index in [1.807, 2.05) is 23.6 Å². The van der Waals surface area contributed by atoms with Crippen LogP contribution in [-0.2, 0) is 12.8 Å². The van der Waals surface area contributed by atoms with Crippen LogP contribution in [0.4, 0.5) is 0 Å². The smallest absolute Gasteiger partial charge is 0.134 e. The molecular weight excluding hydrogens is 294 g/mol.